The zero-order valence-electron chi connectivity index (χ0n) is 10.7. The van der Waals surface area contributed by atoms with Crippen LogP contribution in [0.2, 0.25) is 0 Å². The summed E-state index contributed by atoms with van der Waals surface area (Å²) in [6.07, 6.45) is -0.155. The molecule has 2 aromatic rings. The molecule has 110 valence electrons. The van der Waals surface area contributed by atoms with Crippen molar-refractivity contribution in [2.75, 3.05) is 11.9 Å². The van der Waals surface area contributed by atoms with Crippen LogP contribution >= 0.6 is 22.7 Å². The van der Waals surface area contributed by atoms with E-state index >= 15 is 0 Å². The fourth-order valence-corrected chi connectivity index (χ4v) is 2.68. The maximum absolute atomic E-state index is 11.8. The number of rotatable bonds is 6. The predicted octanol–water partition coefficient (Wildman–Crippen LogP) is 1.66. The lowest BCUT2D eigenvalue weighted by atomic mass is 10.4. The minimum absolute atomic E-state index is 0.0303. The molecule has 0 bridgehead atoms. The zero-order chi connectivity index (χ0) is 15.2. The quantitative estimate of drug-likeness (QED) is 0.748. The van der Waals surface area contributed by atoms with Crippen LogP contribution in [-0.4, -0.2) is 34.4 Å². The summed E-state index contributed by atoms with van der Waals surface area (Å²) >= 11 is 2.43. The molecule has 3 N–H and O–H groups in total. The van der Waals surface area contributed by atoms with E-state index < -0.39 is 11.9 Å². The van der Waals surface area contributed by atoms with Gasteiger partial charge in [0.15, 0.2) is 5.13 Å². The Hall–Kier alpha value is -2.26. The molecule has 0 saturated carbocycles. The minimum Gasteiger partial charge on any atom is -0.481 e. The molecule has 9 heteroatoms. The Morgan fingerprint density at radius 3 is 2.71 bits per heavy atom. The number of aliphatic carboxylic acids is 1. The van der Waals surface area contributed by atoms with Gasteiger partial charge in [-0.2, -0.15) is 0 Å². The maximum atomic E-state index is 11.8. The number of carbonyl (C=O) groups is 3. The molecule has 0 aliphatic heterocycles. The molecule has 2 rings (SSSR count). The van der Waals surface area contributed by atoms with E-state index in [2.05, 4.69) is 15.6 Å². The normalized spacial score (nSPS) is 10.1. The van der Waals surface area contributed by atoms with E-state index in [9.17, 15) is 14.4 Å². The van der Waals surface area contributed by atoms with E-state index in [1.165, 1.54) is 16.7 Å². The third kappa shape index (κ3) is 4.36. The first kappa shape index (κ1) is 15.1. The number of carboxylic acids is 1. The summed E-state index contributed by atoms with van der Waals surface area (Å²) in [4.78, 5) is 38.4. The summed E-state index contributed by atoms with van der Waals surface area (Å²) in [5.74, 6) is -1.74. The van der Waals surface area contributed by atoms with E-state index in [-0.39, 0.29) is 24.6 Å². The number of thiazole rings is 1. The highest BCUT2D eigenvalue weighted by Crippen LogP contribution is 2.17. The lowest BCUT2D eigenvalue weighted by Gasteiger charge is -2.00. The fourth-order valence-electron chi connectivity index (χ4n) is 1.38. The largest absolute Gasteiger partial charge is 0.481 e. The van der Waals surface area contributed by atoms with Crippen molar-refractivity contribution in [2.24, 2.45) is 0 Å². The molecule has 0 aromatic carbocycles. The van der Waals surface area contributed by atoms with Crippen molar-refractivity contribution < 1.29 is 19.5 Å². The summed E-state index contributed by atoms with van der Waals surface area (Å²) in [7, 11) is 0. The van der Waals surface area contributed by atoms with Crippen molar-refractivity contribution in [1.82, 2.24) is 10.3 Å². The Morgan fingerprint density at radius 2 is 2.05 bits per heavy atom. The molecule has 2 amide bonds. The highest BCUT2D eigenvalue weighted by Gasteiger charge is 2.13. The number of aromatic nitrogens is 1. The number of carbonyl (C=O) groups excluding carboxylic acids is 2. The maximum Gasteiger partial charge on any atom is 0.305 e. The first-order valence-electron chi connectivity index (χ1n) is 5.86. The Kier molecular flexibility index (Phi) is 5.01. The number of carboxylic acid groups (broad SMARTS) is 1. The molecule has 0 aliphatic rings. The summed E-state index contributed by atoms with van der Waals surface area (Å²) < 4.78 is 0. The summed E-state index contributed by atoms with van der Waals surface area (Å²) in [6.45, 7) is 0.0303. The molecule has 0 aliphatic carbocycles. The van der Waals surface area contributed by atoms with Crippen LogP contribution < -0.4 is 10.6 Å². The van der Waals surface area contributed by atoms with Crippen molar-refractivity contribution in [3.8, 4) is 0 Å². The third-order valence-corrected chi connectivity index (χ3v) is 3.95. The van der Waals surface area contributed by atoms with Gasteiger partial charge in [-0.05, 0) is 11.4 Å². The SMILES string of the molecule is O=C(O)CCNC(=O)c1csc(NC(=O)c2cccs2)n1. The summed E-state index contributed by atoms with van der Waals surface area (Å²) in [5, 5.41) is 17.1. The Morgan fingerprint density at radius 1 is 1.24 bits per heavy atom. The van der Waals surface area contributed by atoms with Crippen molar-refractivity contribution >= 4 is 45.6 Å². The standard InChI is InChI=1S/C12H11N3O4S2/c16-9(17)3-4-13-10(18)7-6-21-12(14-7)15-11(19)8-2-1-5-20-8/h1-2,5-6H,3-4H2,(H,13,18)(H,16,17)(H,14,15,19). The van der Waals surface area contributed by atoms with Crippen LogP contribution in [-0.2, 0) is 4.79 Å². The second-order valence-corrected chi connectivity index (χ2v) is 5.67. The average Bonchev–Trinajstić information content (AvgIpc) is 3.09. The topological polar surface area (TPSA) is 108 Å². The number of hydrogen-bond acceptors (Lipinski definition) is 6. The van der Waals surface area contributed by atoms with Crippen LogP contribution in [0.5, 0.6) is 0 Å². The van der Waals surface area contributed by atoms with Gasteiger partial charge in [-0.3, -0.25) is 19.7 Å². The van der Waals surface area contributed by atoms with E-state index in [0.717, 1.165) is 11.3 Å². The molecule has 21 heavy (non-hydrogen) atoms. The Bertz CT molecular complexity index is 651. The molecule has 0 saturated heterocycles. The minimum atomic E-state index is -0.988. The lowest BCUT2D eigenvalue weighted by Crippen LogP contribution is -2.26. The van der Waals surface area contributed by atoms with Crippen LogP contribution in [0.3, 0.4) is 0 Å². The highest BCUT2D eigenvalue weighted by molar-refractivity contribution is 7.14. The van der Waals surface area contributed by atoms with Gasteiger partial charge in [0.2, 0.25) is 0 Å². The summed E-state index contributed by atoms with van der Waals surface area (Å²) in [5.41, 5.74) is 0.145. The summed E-state index contributed by atoms with van der Waals surface area (Å²) in [6, 6.07) is 3.45. The molecule has 0 radical (unpaired) electrons. The smallest absolute Gasteiger partial charge is 0.305 e. The number of thiophene rings is 1. The number of anilines is 1. The molecule has 0 spiro atoms. The first-order valence-corrected chi connectivity index (χ1v) is 7.62. The monoisotopic (exact) mass is 325 g/mol. The molecular formula is C12H11N3O4S2. The molecule has 2 aromatic heterocycles. The highest BCUT2D eigenvalue weighted by atomic mass is 32.1. The van der Waals surface area contributed by atoms with Crippen LogP contribution in [0.4, 0.5) is 5.13 Å². The molecule has 0 atom stereocenters. The number of nitrogens with one attached hydrogen (secondary N) is 2. The van der Waals surface area contributed by atoms with Crippen molar-refractivity contribution in [1.29, 1.82) is 0 Å². The van der Waals surface area contributed by atoms with E-state index in [1.807, 2.05) is 0 Å². The van der Waals surface area contributed by atoms with Gasteiger partial charge in [0.1, 0.15) is 5.69 Å². The van der Waals surface area contributed by atoms with Gasteiger partial charge < -0.3 is 10.4 Å². The Balaban J connectivity index is 1.90. The number of amides is 2. The fraction of sp³-hybridized carbons (Fsp3) is 0.167. The van der Waals surface area contributed by atoms with Crippen LogP contribution in [0.25, 0.3) is 0 Å². The van der Waals surface area contributed by atoms with Crippen LogP contribution in [0, 0.1) is 0 Å². The molecule has 0 fully saturated rings. The van der Waals surface area contributed by atoms with Crippen molar-refractivity contribution in [3.63, 3.8) is 0 Å². The predicted molar refractivity (Wildman–Crippen MR) is 79.0 cm³/mol. The number of nitrogens with zero attached hydrogens (tertiary/aromatic N) is 1. The van der Waals surface area contributed by atoms with E-state index in [1.54, 1.807) is 17.5 Å². The molecule has 2 heterocycles. The van der Waals surface area contributed by atoms with Gasteiger partial charge in [-0.15, -0.1) is 22.7 Å². The first-order chi connectivity index (χ1) is 10.1. The zero-order valence-corrected chi connectivity index (χ0v) is 12.3. The van der Waals surface area contributed by atoms with Gasteiger partial charge in [-0.25, -0.2) is 4.98 Å². The average molecular weight is 325 g/mol. The lowest BCUT2D eigenvalue weighted by molar-refractivity contribution is -0.136. The van der Waals surface area contributed by atoms with E-state index in [0.29, 0.717) is 10.0 Å². The second kappa shape index (κ2) is 6.95. The second-order valence-electron chi connectivity index (χ2n) is 3.87. The van der Waals surface area contributed by atoms with Crippen LogP contribution in [0.1, 0.15) is 26.6 Å². The van der Waals surface area contributed by atoms with Crippen molar-refractivity contribution in [2.45, 2.75) is 6.42 Å². The van der Waals surface area contributed by atoms with Gasteiger partial charge in [0, 0.05) is 11.9 Å². The van der Waals surface area contributed by atoms with E-state index in [4.69, 9.17) is 5.11 Å². The van der Waals surface area contributed by atoms with Crippen LogP contribution in [0.15, 0.2) is 22.9 Å². The third-order valence-electron chi connectivity index (χ3n) is 2.33. The van der Waals surface area contributed by atoms with Gasteiger partial charge in [-0.1, -0.05) is 6.07 Å². The Labute approximate surface area is 127 Å². The molecular weight excluding hydrogens is 314 g/mol. The molecule has 0 unspecified atom stereocenters. The van der Waals surface area contributed by atoms with Gasteiger partial charge in [0.25, 0.3) is 11.8 Å². The van der Waals surface area contributed by atoms with Crippen molar-refractivity contribution in [3.05, 3.63) is 33.5 Å². The van der Waals surface area contributed by atoms with Gasteiger partial charge >= 0.3 is 5.97 Å². The van der Waals surface area contributed by atoms with Gasteiger partial charge in [0.05, 0.1) is 11.3 Å². The number of hydrogen-bond donors (Lipinski definition) is 3. The molecule has 7 nitrogen and oxygen atoms in total.